The molecule has 1 atom stereocenters. The Morgan fingerprint density at radius 2 is 2.11 bits per heavy atom. The lowest BCUT2D eigenvalue weighted by molar-refractivity contribution is -0.117. The van der Waals surface area contributed by atoms with E-state index in [1.54, 1.807) is 4.57 Å². The molecule has 2 N–H and O–H groups in total. The number of anilines is 1. The van der Waals surface area contributed by atoms with Crippen LogP contribution in [0.5, 0.6) is 0 Å². The Hall–Kier alpha value is -3.33. The van der Waals surface area contributed by atoms with Gasteiger partial charge in [0.1, 0.15) is 12.4 Å². The minimum Gasteiger partial charge on any atom is -0.316 e. The molecule has 144 valence electrons. The molecule has 9 heteroatoms. The summed E-state index contributed by atoms with van der Waals surface area (Å²) in [5, 5.41) is 10.5. The zero-order valence-corrected chi connectivity index (χ0v) is 15.3. The summed E-state index contributed by atoms with van der Waals surface area (Å²) < 4.78 is 2.82. The van der Waals surface area contributed by atoms with Crippen LogP contribution in [0, 0.1) is 0 Å². The van der Waals surface area contributed by atoms with E-state index in [4.69, 9.17) is 0 Å². The van der Waals surface area contributed by atoms with Crippen molar-refractivity contribution in [1.29, 1.82) is 0 Å². The normalized spacial score (nSPS) is 16.6. The first-order valence-electron chi connectivity index (χ1n) is 9.24. The van der Waals surface area contributed by atoms with Crippen LogP contribution >= 0.6 is 0 Å². The van der Waals surface area contributed by atoms with Crippen LogP contribution in [0.25, 0.3) is 5.69 Å². The van der Waals surface area contributed by atoms with Gasteiger partial charge in [-0.25, -0.2) is 19.0 Å². The van der Waals surface area contributed by atoms with Gasteiger partial charge in [0.15, 0.2) is 5.82 Å². The van der Waals surface area contributed by atoms with Crippen LogP contribution in [-0.4, -0.2) is 43.3 Å². The predicted octanol–water partition coefficient (Wildman–Crippen LogP) is 0.930. The number of nitrogens with one attached hydrogen (secondary N) is 2. The first-order valence-corrected chi connectivity index (χ1v) is 9.24. The summed E-state index contributed by atoms with van der Waals surface area (Å²) in [5.41, 5.74) is 0.412. The second-order valence-electron chi connectivity index (χ2n) is 6.65. The van der Waals surface area contributed by atoms with Gasteiger partial charge in [-0.3, -0.25) is 9.78 Å². The Kier molecular flexibility index (Phi) is 5.24. The third-order valence-electron chi connectivity index (χ3n) is 4.66. The van der Waals surface area contributed by atoms with Crippen LogP contribution in [0.2, 0.25) is 0 Å². The van der Waals surface area contributed by atoms with E-state index >= 15 is 0 Å². The number of aromatic nitrogens is 5. The third-order valence-corrected chi connectivity index (χ3v) is 4.66. The highest BCUT2D eigenvalue weighted by atomic mass is 16.2. The van der Waals surface area contributed by atoms with E-state index in [1.807, 2.05) is 30.3 Å². The molecule has 0 aliphatic carbocycles. The van der Waals surface area contributed by atoms with E-state index in [1.165, 1.54) is 23.3 Å². The fourth-order valence-corrected chi connectivity index (χ4v) is 3.37. The SMILES string of the molecule is O=C(Cn1nc([C@H]2CCCNC2)n(-c2ccccc2)c1=O)Nc1cnccn1. The fraction of sp³-hybridized carbons (Fsp3) is 0.316. The van der Waals surface area contributed by atoms with E-state index < -0.39 is 0 Å². The van der Waals surface area contributed by atoms with E-state index in [-0.39, 0.29) is 24.1 Å². The summed E-state index contributed by atoms with van der Waals surface area (Å²) >= 11 is 0. The van der Waals surface area contributed by atoms with Gasteiger partial charge in [0.05, 0.1) is 11.9 Å². The van der Waals surface area contributed by atoms with E-state index in [9.17, 15) is 9.59 Å². The van der Waals surface area contributed by atoms with Crippen LogP contribution < -0.4 is 16.3 Å². The maximum absolute atomic E-state index is 13.1. The Labute approximate surface area is 161 Å². The molecule has 3 aromatic rings. The standard InChI is InChI=1S/C19H21N7O2/c27-17(23-16-12-21-9-10-22-16)13-25-19(28)26(15-6-2-1-3-7-15)18(24-25)14-5-4-8-20-11-14/h1-3,6-7,9-10,12,14,20H,4-5,8,11,13H2,(H,22,23,27)/t14-/m0/s1. The van der Waals surface area contributed by atoms with Gasteiger partial charge in [0.25, 0.3) is 0 Å². The van der Waals surface area contributed by atoms with Crippen molar-refractivity contribution in [2.75, 3.05) is 18.4 Å². The predicted molar refractivity (Wildman–Crippen MR) is 103 cm³/mol. The molecule has 1 aliphatic rings. The summed E-state index contributed by atoms with van der Waals surface area (Å²) in [4.78, 5) is 33.3. The molecule has 0 bridgehead atoms. The number of carbonyl (C=O) groups is 1. The molecule has 1 aliphatic heterocycles. The molecule has 28 heavy (non-hydrogen) atoms. The molecule has 1 saturated heterocycles. The highest BCUT2D eigenvalue weighted by Crippen LogP contribution is 2.22. The third kappa shape index (κ3) is 3.84. The Morgan fingerprint density at radius 1 is 1.25 bits per heavy atom. The average molecular weight is 379 g/mol. The van der Waals surface area contributed by atoms with Crippen LogP contribution in [0.4, 0.5) is 5.82 Å². The van der Waals surface area contributed by atoms with Crippen LogP contribution in [-0.2, 0) is 11.3 Å². The van der Waals surface area contributed by atoms with Gasteiger partial charge in [-0.05, 0) is 31.5 Å². The summed E-state index contributed by atoms with van der Waals surface area (Å²) in [6.07, 6.45) is 6.42. The highest BCUT2D eigenvalue weighted by Gasteiger charge is 2.25. The summed E-state index contributed by atoms with van der Waals surface area (Å²) in [5.74, 6) is 0.745. The average Bonchev–Trinajstić information content (AvgIpc) is 3.06. The van der Waals surface area contributed by atoms with Crippen LogP contribution in [0.15, 0.2) is 53.7 Å². The van der Waals surface area contributed by atoms with Crippen molar-refractivity contribution >= 4 is 11.7 Å². The Morgan fingerprint density at radius 3 is 2.82 bits per heavy atom. The smallest absolute Gasteiger partial charge is 0.316 e. The number of carbonyl (C=O) groups excluding carboxylic acids is 1. The van der Waals surface area contributed by atoms with Crippen molar-refractivity contribution in [2.24, 2.45) is 0 Å². The van der Waals surface area contributed by atoms with E-state index in [0.29, 0.717) is 11.6 Å². The van der Waals surface area contributed by atoms with Gasteiger partial charge in [0.2, 0.25) is 5.91 Å². The van der Waals surface area contributed by atoms with Gasteiger partial charge in [-0.1, -0.05) is 18.2 Å². The summed E-state index contributed by atoms with van der Waals surface area (Å²) in [7, 11) is 0. The maximum atomic E-state index is 13.1. The zero-order valence-electron chi connectivity index (χ0n) is 15.3. The van der Waals surface area contributed by atoms with E-state index in [2.05, 4.69) is 25.7 Å². The molecular weight excluding hydrogens is 358 g/mol. The second-order valence-corrected chi connectivity index (χ2v) is 6.65. The van der Waals surface area contributed by atoms with Crippen molar-refractivity contribution in [2.45, 2.75) is 25.3 Å². The van der Waals surface area contributed by atoms with Gasteiger partial charge in [0, 0.05) is 24.9 Å². The largest absolute Gasteiger partial charge is 0.351 e. The summed E-state index contributed by atoms with van der Waals surface area (Å²) in [6.45, 7) is 1.53. The lowest BCUT2D eigenvalue weighted by Crippen LogP contribution is -2.31. The minimum absolute atomic E-state index is 0.117. The Bertz CT molecular complexity index is 992. The van der Waals surface area contributed by atoms with Crippen LogP contribution in [0.1, 0.15) is 24.6 Å². The second kappa shape index (κ2) is 8.13. The molecule has 1 amide bonds. The molecule has 0 radical (unpaired) electrons. The number of para-hydroxylation sites is 1. The topological polar surface area (TPSA) is 107 Å². The molecular formula is C19H21N7O2. The van der Waals surface area contributed by atoms with Crippen LogP contribution in [0.3, 0.4) is 0 Å². The highest BCUT2D eigenvalue weighted by molar-refractivity contribution is 5.89. The molecule has 0 unspecified atom stereocenters. The molecule has 3 heterocycles. The first kappa shape index (κ1) is 18.1. The van der Waals surface area contributed by atoms with Gasteiger partial charge < -0.3 is 10.6 Å². The lowest BCUT2D eigenvalue weighted by Gasteiger charge is -2.22. The van der Waals surface area contributed by atoms with Crippen molar-refractivity contribution < 1.29 is 4.79 Å². The van der Waals surface area contributed by atoms with Gasteiger partial charge in [-0.2, -0.15) is 5.10 Å². The molecule has 2 aromatic heterocycles. The molecule has 1 aromatic carbocycles. The minimum atomic E-state index is -0.381. The zero-order chi connectivity index (χ0) is 19.3. The fourth-order valence-electron chi connectivity index (χ4n) is 3.37. The number of rotatable bonds is 5. The number of benzene rings is 1. The molecule has 1 fully saturated rings. The van der Waals surface area contributed by atoms with Gasteiger partial charge in [-0.15, -0.1) is 0 Å². The van der Waals surface area contributed by atoms with Crippen molar-refractivity contribution in [3.8, 4) is 5.69 Å². The number of nitrogens with zero attached hydrogens (tertiary/aromatic N) is 5. The molecule has 9 nitrogen and oxygen atoms in total. The lowest BCUT2D eigenvalue weighted by atomic mass is 9.99. The Balaban J connectivity index is 1.65. The number of piperidine rings is 1. The monoisotopic (exact) mass is 379 g/mol. The number of amides is 1. The van der Waals surface area contributed by atoms with E-state index in [0.717, 1.165) is 31.6 Å². The molecule has 0 spiro atoms. The number of hydrogen-bond acceptors (Lipinski definition) is 6. The van der Waals surface area contributed by atoms with Gasteiger partial charge >= 0.3 is 5.69 Å². The molecule has 0 saturated carbocycles. The summed E-state index contributed by atoms with van der Waals surface area (Å²) in [6, 6.07) is 9.39. The van der Waals surface area contributed by atoms with Crippen molar-refractivity contribution in [3.63, 3.8) is 0 Å². The quantitative estimate of drug-likeness (QED) is 0.683. The van der Waals surface area contributed by atoms with Crippen molar-refractivity contribution in [3.05, 3.63) is 65.2 Å². The first-order chi connectivity index (χ1) is 13.7. The maximum Gasteiger partial charge on any atom is 0.351 e. The van der Waals surface area contributed by atoms with Crippen molar-refractivity contribution in [1.82, 2.24) is 29.6 Å². The number of hydrogen-bond donors (Lipinski definition) is 2. The molecule has 4 rings (SSSR count).